The van der Waals surface area contributed by atoms with Crippen molar-refractivity contribution in [2.75, 3.05) is 6.61 Å². The van der Waals surface area contributed by atoms with E-state index in [9.17, 15) is 8.78 Å². The molecule has 1 rings (SSSR count). The summed E-state index contributed by atoms with van der Waals surface area (Å²) < 4.78 is 27.3. The molecule has 0 bridgehead atoms. The Morgan fingerprint density at radius 2 is 2.14 bits per heavy atom. The lowest BCUT2D eigenvalue weighted by atomic mass is 10.1. The van der Waals surface area contributed by atoms with Gasteiger partial charge in [0.05, 0.1) is 3.79 Å². The van der Waals surface area contributed by atoms with Crippen LogP contribution >= 0.6 is 43.2 Å². The van der Waals surface area contributed by atoms with Crippen molar-refractivity contribution in [3.8, 4) is 0 Å². The third-order valence-electron chi connectivity index (χ3n) is 1.64. The number of nitrogens with two attached hydrogens (primary N) is 1. The third-order valence-corrected chi connectivity index (χ3v) is 4.98. The Morgan fingerprint density at radius 3 is 2.50 bits per heavy atom. The molecule has 0 radical (unpaired) electrons. The minimum absolute atomic E-state index is 0.322. The first kappa shape index (κ1) is 12.5. The maximum absolute atomic E-state index is 13.0. The molecule has 0 saturated carbocycles. The van der Waals surface area contributed by atoms with E-state index in [1.165, 1.54) is 6.07 Å². The van der Waals surface area contributed by atoms with E-state index < -0.39 is 18.6 Å². The van der Waals surface area contributed by atoms with Crippen LogP contribution in [0.25, 0.3) is 0 Å². The van der Waals surface area contributed by atoms with Gasteiger partial charge in [-0.15, -0.1) is 11.3 Å². The molecule has 0 saturated heterocycles. The summed E-state index contributed by atoms with van der Waals surface area (Å²) in [6, 6.07) is 0.0447. The first-order valence-corrected chi connectivity index (χ1v) is 5.97. The van der Waals surface area contributed by atoms with Gasteiger partial charge < -0.3 is 10.8 Å². The van der Waals surface area contributed by atoms with Crippen LogP contribution in [0.3, 0.4) is 0 Å². The second-order valence-electron chi connectivity index (χ2n) is 2.67. The molecular formula is C7H7Br2F2NOS. The van der Waals surface area contributed by atoms with Crippen LogP contribution in [0.1, 0.15) is 10.9 Å². The van der Waals surface area contributed by atoms with Crippen LogP contribution in [-0.2, 0) is 0 Å². The maximum atomic E-state index is 13.0. The standard InChI is InChI=1S/C7H7Br2F2NOS/c8-3-1-4(14-6(3)9)5(12)7(10,11)2-13/h1,5,13H,2,12H2/t5-/m0/s1. The first-order valence-electron chi connectivity index (χ1n) is 3.57. The highest BCUT2D eigenvalue weighted by Gasteiger charge is 2.38. The second kappa shape index (κ2) is 4.52. The van der Waals surface area contributed by atoms with E-state index in [0.29, 0.717) is 13.1 Å². The largest absolute Gasteiger partial charge is 0.390 e. The Bertz CT molecular complexity index is 312. The van der Waals surface area contributed by atoms with Gasteiger partial charge in [-0.05, 0) is 37.9 Å². The molecule has 2 nitrogen and oxygen atoms in total. The fourth-order valence-electron chi connectivity index (χ4n) is 0.823. The lowest BCUT2D eigenvalue weighted by molar-refractivity contribution is -0.0703. The lowest BCUT2D eigenvalue weighted by Crippen LogP contribution is -2.35. The molecule has 0 fully saturated rings. The molecule has 0 aliphatic rings. The van der Waals surface area contributed by atoms with E-state index in [1.807, 2.05) is 0 Å². The predicted octanol–water partition coefficient (Wildman–Crippen LogP) is 2.90. The lowest BCUT2D eigenvalue weighted by Gasteiger charge is -2.19. The number of hydrogen-bond donors (Lipinski definition) is 2. The average Bonchev–Trinajstić information content (AvgIpc) is 2.45. The van der Waals surface area contributed by atoms with Gasteiger partial charge in [-0.25, -0.2) is 8.78 Å². The SMILES string of the molecule is N[C@@H](c1cc(Br)c(Br)s1)C(F)(F)CO. The summed E-state index contributed by atoms with van der Waals surface area (Å²) in [6.45, 7) is -1.25. The van der Waals surface area contributed by atoms with Crippen molar-refractivity contribution in [3.63, 3.8) is 0 Å². The molecule has 7 heteroatoms. The predicted molar refractivity (Wildman–Crippen MR) is 58.7 cm³/mol. The first-order chi connectivity index (χ1) is 6.38. The molecule has 0 spiro atoms. The zero-order chi connectivity index (χ0) is 10.9. The second-order valence-corrected chi connectivity index (χ2v) is 5.92. The smallest absolute Gasteiger partial charge is 0.290 e. The molecule has 80 valence electrons. The summed E-state index contributed by atoms with van der Waals surface area (Å²) in [6.07, 6.45) is 0. The highest BCUT2D eigenvalue weighted by molar-refractivity contribution is 9.13. The van der Waals surface area contributed by atoms with Gasteiger partial charge in [0.2, 0.25) is 0 Å². The molecule has 3 N–H and O–H groups in total. The van der Waals surface area contributed by atoms with Gasteiger partial charge in [0.1, 0.15) is 12.6 Å². The monoisotopic (exact) mass is 349 g/mol. The van der Waals surface area contributed by atoms with E-state index in [0.717, 1.165) is 11.3 Å². The normalized spacial score (nSPS) is 14.4. The summed E-state index contributed by atoms with van der Waals surface area (Å²) in [5, 5.41) is 8.45. The molecule has 1 aromatic heterocycles. The zero-order valence-corrected chi connectivity index (χ0v) is 10.8. The molecule has 1 heterocycles. The van der Waals surface area contributed by atoms with Gasteiger partial charge in [0, 0.05) is 9.35 Å². The van der Waals surface area contributed by atoms with Crippen LogP contribution in [-0.4, -0.2) is 17.6 Å². The van der Waals surface area contributed by atoms with Crippen LogP contribution in [0.5, 0.6) is 0 Å². The van der Waals surface area contributed by atoms with Crippen molar-refractivity contribution in [1.29, 1.82) is 0 Å². The fourth-order valence-corrected chi connectivity index (χ4v) is 2.98. The minimum atomic E-state index is -3.29. The van der Waals surface area contributed by atoms with Gasteiger partial charge in [0.15, 0.2) is 0 Å². The molecule has 0 unspecified atom stereocenters. The number of hydrogen-bond acceptors (Lipinski definition) is 3. The zero-order valence-electron chi connectivity index (χ0n) is 6.81. The highest BCUT2D eigenvalue weighted by atomic mass is 79.9. The van der Waals surface area contributed by atoms with Crippen molar-refractivity contribution in [2.24, 2.45) is 5.73 Å². The van der Waals surface area contributed by atoms with E-state index in [4.69, 9.17) is 10.8 Å². The van der Waals surface area contributed by atoms with E-state index in [1.54, 1.807) is 0 Å². The Hall–Kier alpha value is 0.440. The van der Waals surface area contributed by atoms with Gasteiger partial charge in [-0.2, -0.15) is 0 Å². The fraction of sp³-hybridized carbons (Fsp3) is 0.429. The summed E-state index contributed by atoms with van der Waals surface area (Å²) >= 11 is 7.47. The van der Waals surface area contributed by atoms with Crippen LogP contribution in [0.2, 0.25) is 0 Å². The van der Waals surface area contributed by atoms with Crippen molar-refractivity contribution in [2.45, 2.75) is 12.0 Å². The van der Waals surface area contributed by atoms with Crippen molar-refractivity contribution in [3.05, 3.63) is 19.2 Å². The Kier molecular flexibility index (Phi) is 4.04. The molecule has 0 aromatic carbocycles. The Morgan fingerprint density at radius 1 is 1.57 bits per heavy atom. The number of rotatable bonds is 3. The average molecular weight is 351 g/mol. The van der Waals surface area contributed by atoms with Gasteiger partial charge in [-0.3, -0.25) is 0 Å². The number of halogens is 4. The summed E-state index contributed by atoms with van der Waals surface area (Å²) in [5.74, 6) is -3.29. The van der Waals surface area contributed by atoms with Crippen LogP contribution < -0.4 is 5.73 Å². The topological polar surface area (TPSA) is 46.2 Å². The Labute approximate surface area is 100 Å². The van der Waals surface area contributed by atoms with Crippen LogP contribution in [0, 0.1) is 0 Å². The van der Waals surface area contributed by atoms with Gasteiger partial charge in [0.25, 0.3) is 5.92 Å². The molecule has 0 amide bonds. The van der Waals surface area contributed by atoms with E-state index in [2.05, 4.69) is 31.9 Å². The van der Waals surface area contributed by atoms with E-state index >= 15 is 0 Å². The maximum Gasteiger partial charge on any atom is 0.290 e. The van der Waals surface area contributed by atoms with Gasteiger partial charge in [-0.1, -0.05) is 0 Å². The molecule has 1 aromatic rings. The van der Waals surface area contributed by atoms with Crippen LogP contribution in [0.15, 0.2) is 14.3 Å². The minimum Gasteiger partial charge on any atom is -0.390 e. The van der Waals surface area contributed by atoms with Crippen LogP contribution in [0.4, 0.5) is 8.78 Å². The molecule has 14 heavy (non-hydrogen) atoms. The molecule has 1 atom stereocenters. The molecule has 0 aliphatic heterocycles. The highest BCUT2D eigenvalue weighted by Crippen LogP contribution is 2.39. The summed E-state index contributed by atoms with van der Waals surface area (Å²) in [7, 11) is 0. The van der Waals surface area contributed by atoms with Crippen molar-refractivity contribution in [1.82, 2.24) is 0 Å². The third kappa shape index (κ3) is 2.52. The summed E-state index contributed by atoms with van der Waals surface area (Å²) in [5.41, 5.74) is 5.32. The number of alkyl halides is 2. The number of aliphatic hydroxyl groups excluding tert-OH is 1. The molecular weight excluding hydrogens is 344 g/mol. The molecule has 0 aliphatic carbocycles. The van der Waals surface area contributed by atoms with Gasteiger partial charge >= 0.3 is 0 Å². The number of thiophene rings is 1. The van der Waals surface area contributed by atoms with E-state index in [-0.39, 0.29) is 0 Å². The number of aliphatic hydroxyl groups is 1. The summed E-state index contributed by atoms with van der Waals surface area (Å²) in [4.78, 5) is 0.322. The quantitative estimate of drug-likeness (QED) is 0.880. The Balaban J connectivity index is 2.94. The van der Waals surface area contributed by atoms with Crippen molar-refractivity contribution < 1.29 is 13.9 Å². The van der Waals surface area contributed by atoms with Crippen molar-refractivity contribution >= 4 is 43.2 Å².